The van der Waals surface area contributed by atoms with Gasteiger partial charge in [0.1, 0.15) is 0 Å². The van der Waals surface area contributed by atoms with E-state index >= 15 is 0 Å². The van der Waals surface area contributed by atoms with Gasteiger partial charge in [0, 0.05) is 17.0 Å². The number of fused-ring (bicyclic) bond motifs is 1. The van der Waals surface area contributed by atoms with Crippen LogP contribution < -0.4 is 10.6 Å². The van der Waals surface area contributed by atoms with Crippen molar-refractivity contribution in [3.8, 4) is 0 Å². The van der Waals surface area contributed by atoms with E-state index in [4.69, 9.17) is 5.73 Å². The van der Waals surface area contributed by atoms with Crippen LogP contribution in [0.2, 0.25) is 0 Å². The second-order valence-corrected chi connectivity index (χ2v) is 6.35. The molecule has 128 valence electrons. The van der Waals surface area contributed by atoms with E-state index in [0.717, 1.165) is 11.1 Å². The second-order valence-electron chi connectivity index (χ2n) is 6.35. The van der Waals surface area contributed by atoms with Gasteiger partial charge in [-0.1, -0.05) is 62.4 Å². The summed E-state index contributed by atoms with van der Waals surface area (Å²) in [5.74, 6) is -0.542. The summed E-state index contributed by atoms with van der Waals surface area (Å²) >= 11 is 0. The molecule has 1 aliphatic rings. The van der Waals surface area contributed by atoms with E-state index in [2.05, 4.69) is 4.99 Å². The van der Waals surface area contributed by atoms with E-state index in [1.165, 1.54) is 4.90 Å². The lowest BCUT2D eigenvalue weighted by atomic mass is 10.00. The van der Waals surface area contributed by atoms with Crippen LogP contribution in [-0.2, 0) is 9.59 Å². The standard InChI is InChI=1S/C20H21N3O2/c1-13(2)17(24)12-23-16-11-7-6-10-15(16)18(22-19(21)20(23)25)14-8-4-3-5-9-14/h3-11,13,19H,12,21H2,1-2H3. The molecule has 3 rings (SSSR count). The highest BCUT2D eigenvalue weighted by Gasteiger charge is 2.31. The first-order valence-electron chi connectivity index (χ1n) is 8.31. The van der Waals surface area contributed by atoms with Gasteiger partial charge in [-0.05, 0) is 6.07 Å². The second kappa shape index (κ2) is 6.99. The smallest absolute Gasteiger partial charge is 0.266 e. The molecule has 5 heteroatoms. The van der Waals surface area contributed by atoms with Crippen molar-refractivity contribution in [1.29, 1.82) is 0 Å². The van der Waals surface area contributed by atoms with E-state index in [-0.39, 0.29) is 24.2 Å². The first-order valence-corrected chi connectivity index (χ1v) is 8.31. The van der Waals surface area contributed by atoms with Crippen LogP contribution in [0.1, 0.15) is 25.0 Å². The van der Waals surface area contributed by atoms with Gasteiger partial charge in [-0.15, -0.1) is 0 Å². The van der Waals surface area contributed by atoms with Crippen molar-refractivity contribution in [3.05, 3.63) is 65.7 Å². The van der Waals surface area contributed by atoms with Crippen LogP contribution in [0.4, 0.5) is 5.69 Å². The van der Waals surface area contributed by atoms with Gasteiger partial charge in [0.2, 0.25) is 0 Å². The average Bonchev–Trinajstić information content (AvgIpc) is 2.73. The number of hydrogen-bond donors (Lipinski definition) is 1. The molecule has 0 aliphatic carbocycles. The van der Waals surface area contributed by atoms with Crippen molar-refractivity contribution in [3.63, 3.8) is 0 Å². The number of anilines is 1. The number of carbonyl (C=O) groups is 2. The van der Waals surface area contributed by atoms with Gasteiger partial charge in [-0.25, -0.2) is 0 Å². The van der Waals surface area contributed by atoms with Crippen molar-refractivity contribution in [2.45, 2.75) is 20.0 Å². The minimum Gasteiger partial charge on any atom is -0.302 e. The summed E-state index contributed by atoms with van der Waals surface area (Å²) < 4.78 is 0. The van der Waals surface area contributed by atoms with Crippen LogP contribution >= 0.6 is 0 Å². The summed E-state index contributed by atoms with van der Waals surface area (Å²) in [5.41, 5.74) is 9.05. The fourth-order valence-corrected chi connectivity index (χ4v) is 2.78. The summed E-state index contributed by atoms with van der Waals surface area (Å²) in [6, 6.07) is 17.1. The molecule has 1 aliphatic heterocycles. The van der Waals surface area contributed by atoms with Crippen LogP contribution in [0.5, 0.6) is 0 Å². The molecule has 1 unspecified atom stereocenters. The van der Waals surface area contributed by atoms with Crippen LogP contribution in [0, 0.1) is 5.92 Å². The minimum atomic E-state index is -1.04. The molecule has 0 bridgehead atoms. The number of rotatable bonds is 4. The van der Waals surface area contributed by atoms with Crippen molar-refractivity contribution < 1.29 is 9.59 Å². The Morgan fingerprint density at radius 2 is 1.76 bits per heavy atom. The fourth-order valence-electron chi connectivity index (χ4n) is 2.78. The highest BCUT2D eigenvalue weighted by atomic mass is 16.2. The lowest BCUT2D eigenvalue weighted by molar-refractivity contribution is -0.124. The van der Waals surface area contributed by atoms with Crippen LogP contribution in [-0.4, -0.2) is 30.1 Å². The largest absolute Gasteiger partial charge is 0.302 e. The van der Waals surface area contributed by atoms with Crippen molar-refractivity contribution in [2.24, 2.45) is 16.6 Å². The van der Waals surface area contributed by atoms with Crippen LogP contribution in [0.25, 0.3) is 0 Å². The predicted molar refractivity (Wildman–Crippen MR) is 98.7 cm³/mol. The van der Waals surface area contributed by atoms with E-state index in [1.807, 2.05) is 68.4 Å². The number of nitrogens with zero attached hydrogens (tertiary/aromatic N) is 2. The molecular weight excluding hydrogens is 314 g/mol. The maximum Gasteiger partial charge on any atom is 0.266 e. The van der Waals surface area contributed by atoms with E-state index in [9.17, 15) is 9.59 Å². The van der Waals surface area contributed by atoms with E-state index < -0.39 is 6.17 Å². The molecular formula is C20H21N3O2. The first kappa shape index (κ1) is 17.0. The van der Waals surface area contributed by atoms with E-state index in [1.54, 1.807) is 0 Å². The van der Waals surface area contributed by atoms with Gasteiger partial charge in [0.25, 0.3) is 5.91 Å². The highest BCUT2D eigenvalue weighted by Crippen LogP contribution is 2.28. The molecule has 0 fully saturated rings. The number of nitrogens with two attached hydrogens (primary N) is 1. The molecule has 1 atom stereocenters. The number of Topliss-reactive ketones (excluding diaryl/α,β-unsaturated/α-hetero) is 1. The van der Waals surface area contributed by atoms with Gasteiger partial charge in [-0.2, -0.15) is 0 Å². The van der Waals surface area contributed by atoms with Gasteiger partial charge >= 0.3 is 0 Å². The summed E-state index contributed by atoms with van der Waals surface area (Å²) in [4.78, 5) is 31.0. The molecule has 0 aromatic heterocycles. The molecule has 2 aromatic carbocycles. The van der Waals surface area contributed by atoms with Gasteiger partial charge in [0.15, 0.2) is 11.9 Å². The topological polar surface area (TPSA) is 75.8 Å². The predicted octanol–water partition coefficient (Wildman–Crippen LogP) is 2.38. The number of benzene rings is 2. The molecule has 0 saturated carbocycles. The molecule has 0 spiro atoms. The Kier molecular flexibility index (Phi) is 4.76. The SMILES string of the molecule is CC(C)C(=O)CN1C(=O)C(N)N=C(c2ccccc2)c2ccccc21. The lowest BCUT2D eigenvalue weighted by Gasteiger charge is -2.24. The zero-order valence-electron chi connectivity index (χ0n) is 14.3. The number of para-hydroxylation sites is 1. The molecule has 2 N–H and O–H groups in total. The minimum absolute atomic E-state index is 0.00119. The first-order chi connectivity index (χ1) is 12.0. The number of benzodiazepines with no additional fused rings is 1. The Morgan fingerprint density at radius 3 is 2.44 bits per heavy atom. The molecule has 1 heterocycles. The number of aliphatic imine (C=N–C) groups is 1. The summed E-state index contributed by atoms with van der Waals surface area (Å²) in [5, 5.41) is 0. The Morgan fingerprint density at radius 1 is 1.12 bits per heavy atom. The fraction of sp³-hybridized carbons (Fsp3) is 0.250. The maximum atomic E-state index is 12.8. The number of hydrogen-bond acceptors (Lipinski definition) is 4. The number of ketones is 1. The monoisotopic (exact) mass is 335 g/mol. The zero-order valence-corrected chi connectivity index (χ0v) is 14.3. The Bertz CT molecular complexity index is 828. The Labute approximate surface area is 147 Å². The zero-order chi connectivity index (χ0) is 18.0. The molecule has 0 saturated heterocycles. The molecule has 5 nitrogen and oxygen atoms in total. The lowest BCUT2D eigenvalue weighted by Crippen LogP contribution is -2.45. The van der Waals surface area contributed by atoms with Crippen molar-refractivity contribution in [1.82, 2.24) is 0 Å². The third-order valence-electron chi connectivity index (χ3n) is 4.24. The third-order valence-corrected chi connectivity index (χ3v) is 4.24. The van der Waals surface area contributed by atoms with Crippen LogP contribution in [0.3, 0.4) is 0 Å². The maximum absolute atomic E-state index is 12.8. The van der Waals surface area contributed by atoms with Crippen LogP contribution in [0.15, 0.2) is 59.6 Å². The molecule has 2 aromatic rings. The Hall–Kier alpha value is -2.79. The number of carbonyl (C=O) groups excluding carboxylic acids is 2. The quantitative estimate of drug-likeness (QED) is 0.932. The summed E-state index contributed by atoms with van der Waals surface area (Å²) in [6.07, 6.45) is -1.04. The summed E-state index contributed by atoms with van der Waals surface area (Å²) in [7, 11) is 0. The Balaban J connectivity index is 2.13. The normalized spacial score (nSPS) is 17.1. The highest BCUT2D eigenvalue weighted by molar-refractivity contribution is 6.20. The molecule has 0 radical (unpaired) electrons. The van der Waals surface area contributed by atoms with Gasteiger partial charge < -0.3 is 10.6 Å². The third kappa shape index (κ3) is 3.37. The summed E-state index contributed by atoms with van der Waals surface area (Å²) in [6.45, 7) is 3.64. The number of amides is 1. The van der Waals surface area contributed by atoms with Gasteiger partial charge in [0.05, 0.1) is 17.9 Å². The molecule has 25 heavy (non-hydrogen) atoms. The van der Waals surface area contributed by atoms with E-state index in [0.29, 0.717) is 11.4 Å². The average molecular weight is 335 g/mol. The van der Waals surface area contributed by atoms with Gasteiger partial charge in [-0.3, -0.25) is 14.6 Å². The van der Waals surface area contributed by atoms with Crippen molar-refractivity contribution >= 4 is 23.1 Å². The molecule has 1 amide bonds. The van der Waals surface area contributed by atoms with Crippen molar-refractivity contribution in [2.75, 3.05) is 11.4 Å².